The molecule has 1 aliphatic carbocycles. The van der Waals surface area contributed by atoms with Gasteiger partial charge in [0.15, 0.2) is 0 Å². The lowest BCUT2D eigenvalue weighted by Crippen LogP contribution is -2.42. The molecule has 2 fully saturated rings. The summed E-state index contributed by atoms with van der Waals surface area (Å²) < 4.78 is 0. The van der Waals surface area contributed by atoms with Crippen molar-refractivity contribution in [2.24, 2.45) is 5.92 Å². The third kappa shape index (κ3) is 4.25. The number of nitrogens with zero attached hydrogens (tertiary/aromatic N) is 1. The van der Waals surface area contributed by atoms with Gasteiger partial charge in [0.1, 0.15) is 0 Å². The molecule has 2 rings (SSSR count). The highest BCUT2D eigenvalue weighted by molar-refractivity contribution is 5.78. The minimum Gasteiger partial charge on any atom is -0.393 e. The number of aliphatic hydroxyl groups is 1. The summed E-state index contributed by atoms with van der Waals surface area (Å²) in [6, 6.07) is 0. The van der Waals surface area contributed by atoms with E-state index in [0.29, 0.717) is 12.5 Å². The zero-order valence-electron chi connectivity index (χ0n) is 11.2. The molecule has 0 aromatic heterocycles. The molecular formula is C14H26N2O2. The van der Waals surface area contributed by atoms with Crippen molar-refractivity contribution in [2.45, 2.75) is 51.0 Å². The Hall–Kier alpha value is -0.610. The van der Waals surface area contributed by atoms with Crippen LogP contribution < -0.4 is 5.32 Å². The first kappa shape index (κ1) is 13.8. The molecule has 18 heavy (non-hydrogen) atoms. The Labute approximate surface area is 110 Å². The van der Waals surface area contributed by atoms with E-state index in [1.165, 1.54) is 12.8 Å². The number of aliphatic hydroxyl groups excluding tert-OH is 1. The van der Waals surface area contributed by atoms with Gasteiger partial charge in [-0.1, -0.05) is 6.42 Å². The average Bonchev–Trinajstić information content (AvgIpc) is 2.40. The number of amides is 1. The molecule has 2 atom stereocenters. The highest BCUT2D eigenvalue weighted by atomic mass is 16.3. The van der Waals surface area contributed by atoms with Gasteiger partial charge < -0.3 is 15.3 Å². The van der Waals surface area contributed by atoms with Crippen LogP contribution in [0.4, 0.5) is 0 Å². The van der Waals surface area contributed by atoms with Gasteiger partial charge in [0.2, 0.25) is 5.91 Å². The Kier molecular flexibility index (Phi) is 5.45. The second-order valence-electron chi connectivity index (χ2n) is 5.76. The van der Waals surface area contributed by atoms with Gasteiger partial charge in [0.05, 0.1) is 12.6 Å². The van der Waals surface area contributed by atoms with Crippen LogP contribution in [0.25, 0.3) is 0 Å². The average molecular weight is 254 g/mol. The molecule has 1 aliphatic heterocycles. The van der Waals surface area contributed by atoms with Crippen LogP contribution in [0.15, 0.2) is 0 Å². The van der Waals surface area contributed by atoms with Gasteiger partial charge in [-0.05, 0) is 51.0 Å². The predicted molar refractivity (Wildman–Crippen MR) is 71.3 cm³/mol. The van der Waals surface area contributed by atoms with Crippen LogP contribution in [-0.4, -0.2) is 48.2 Å². The summed E-state index contributed by atoms with van der Waals surface area (Å²) in [4.78, 5) is 13.9. The zero-order valence-corrected chi connectivity index (χ0v) is 11.2. The molecule has 0 aromatic rings. The van der Waals surface area contributed by atoms with Gasteiger partial charge in [-0.25, -0.2) is 0 Å². The number of carbonyl (C=O) groups excluding carboxylic acids is 1. The molecule has 2 unspecified atom stereocenters. The lowest BCUT2D eigenvalue weighted by molar-refractivity contribution is -0.131. The Morgan fingerprint density at radius 2 is 1.94 bits per heavy atom. The molecule has 0 spiro atoms. The van der Waals surface area contributed by atoms with Gasteiger partial charge in [0.25, 0.3) is 0 Å². The van der Waals surface area contributed by atoms with Crippen LogP contribution in [0.1, 0.15) is 44.9 Å². The fourth-order valence-corrected chi connectivity index (χ4v) is 3.09. The van der Waals surface area contributed by atoms with Gasteiger partial charge >= 0.3 is 0 Å². The number of rotatable bonds is 4. The lowest BCUT2D eigenvalue weighted by atomic mass is 9.87. The van der Waals surface area contributed by atoms with Crippen LogP contribution in [0.2, 0.25) is 0 Å². The minimum absolute atomic E-state index is 0.122. The topological polar surface area (TPSA) is 52.6 Å². The van der Waals surface area contributed by atoms with Crippen molar-refractivity contribution in [3.8, 4) is 0 Å². The summed E-state index contributed by atoms with van der Waals surface area (Å²) in [5, 5.41) is 12.9. The molecule has 2 N–H and O–H groups in total. The first-order valence-electron chi connectivity index (χ1n) is 7.42. The summed E-state index contributed by atoms with van der Waals surface area (Å²) >= 11 is 0. The highest BCUT2D eigenvalue weighted by Gasteiger charge is 2.21. The minimum atomic E-state index is -0.122. The summed E-state index contributed by atoms with van der Waals surface area (Å²) in [5.41, 5.74) is 0. The molecule has 104 valence electrons. The summed E-state index contributed by atoms with van der Waals surface area (Å²) in [6.07, 6.45) is 7.59. The normalized spacial score (nSPS) is 29.3. The Morgan fingerprint density at radius 1 is 1.17 bits per heavy atom. The van der Waals surface area contributed by atoms with Crippen molar-refractivity contribution in [3.05, 3.63) is 0 Å². The quantitative estimate of drug-likeness (QED) is 0.791. The van der Waals surface area contributed by atoms with Gasteiger partial charge in [-0.15, -0.1) is 0 Å². The fraction of sp³-hybridized carbons (Fsp3) is 0.929. The van der Waals surface area contributed by atoms with E-state index in [9.17, 15) is 9.90 Å². The van der Waals surface area contributed by atoms with Crippen molar-refractivity contribution >= 4 is 5.91 Å². The third-order valence-electron chi connectivity index (χ3n) is 4.17. The van der Waals surface area contributed by atoms with Crippen molar-refractivity contribution in [1.29, 1.82) is 0 Å². The SMILES string of the molecule is O=C(CNCC1CCCC(O)C1)N1CCCCC1. The molecule has 1 saturated carbocycles. The largest absolute Gasteiger partial charge is 0.393 e. The number of hydrogen-bond donors (Lipinski definition) is 2. The highest BCUT2D eigenvalue weighted by Crippen LogP contribution is 2.23. The third-order valence-corrected chi connectivity index (χ3v) is 4.17. The van der Waals surface area contributed by atoms with E-state index in [-0.39, 0.29) is 12.0 Å². The lowest BCUT2D eigenvalue weighted by Gasteiger charge is -2.28. The van der Waals surface area contributed by atoms with Crippen molar-refractivity contribution in [2.75, 3.05) is 26.2 Å². The number of hydrogen-bond acceptors (Lipinski definition) is 3. The van der Waals surface area contributed by atoms with Crippen molar-refractivity contribution in [3.63, 3.8) is 0 Å². The van der Waals surface area contributed by atoms with Crippen LogP contribution in [-0.2, 0) is 4.79 Å². The molecule has 0 aromatic carbocycles. The summed E-state index contributed by atoms with van der Waals surface area (Å²) in [6.45, 7) is 3.20. The van der Waals surface area contributed by atoms with Gasteiger partial charge in [0, 0.05) is 13.1 Å². The predicted octanol–water partition coefficient (Wildman–Crippen LogP) is 1.14. The summed E-state index contributed by atoms with van der Waals surface area (Å²) in [7, 11) is 0. The standard InChI is InChI=1S/C14H26N2O2/c17-13-6-4-5-12(9-13)10-15-11-14(18)16-7-2-1-3-8-16/h12-13,15,17H,1-11H2. The molecule has 4 heteroatoms. The van der Waals surface area contributed by atoms with Crippen molar-refractivity contribution in [1.82, 2.24) is 10.2 Å². The van der Waals surface area contributed by atoms with Crippen molar-refractivity contribution < 1.29 is 9.90 Å². The van der Waals surface area contributed by atoms with E-state index < -0.39 is 0 Å². The number of piperidine rings is 1. The molecule has 1 heterocycles. The van der Waals surface area contributed by atoms with Gasteiger partial charge in [-0.3, -0.25) is 4.79 Å². The van der Waals surface area contributed by atoms with E-state index in [4.69, 9.17) is 0 Å². The Morgan fingerprint density at radius 3 is 2.67 bits per heavy atom. The maximum atomic E-state index is 11.9. The molecular weight excluding hydrogens is 228 g/mol. The summed E-state index contributed by atoms with van der Waals surface area (Å²) in [5.74, 6) is 0.786. The molecule has 4 nitrogen and oxygen atoms in total. The van der Waals surface area contributed by atoms with E-state index >= 15 is 0 Å². The molecule has 1 saturated heterocycles. The Balaban J connectivity index is 1.60. The monoisotopic (exact) mass is 254 g/mol. The second kappa shape index (κ2) is 7.10. The second-order valence-corrected chi connectivity index (χ2v) is 5.76. The first-order chi connectivity index (χ1) is 8.75. The smallest absolute Gasteiger partial charge is 0.236 e. The maximum absolute atomic E-state index is 11.9. The Bertz CT molecular complexity index is 265. The molecule has 0 radical (unpaired) electrons. The van der Waals surface area contributed by atoms with Crippen LogP contribution in [0.5, 0.6) is 0 Å². The van der Waals surface area contributed by atoms with E-state index in [1.807, 2.05) is 4.90 Å². The van der Waals surface area contributed by atoms with E-state index in [0.717, 1.165) is 51.7 Å². The number of carbonyl (C=O) groups is 1. The maximum Gasteiger partial charge on any atom is 0.236 e. The molecule has 1 amide bonds. The first-order valence-corrected chi connectivity index (χ1v) is 7.42. The van der Waals surface area contributed by atoms with Crippen LogP contribution >= 0.6 is 0 Å². The van der Waals surface area contributed by atoms with E-state index in [2.05, 4.69) is 5.32 Å². The fourth-order valence-electron chi connectivity index (χ4n) is 3.09. The zero-order chi connectivity index (χ0) is 12.8. The molecule has 0 bridgehead atoms. The van der Waals surface area contributed by atoms with E-state index in [1.54, 1.807) is 0 Å². The van der Waals surface area contributed by atoms with Crippen LogP contribution in [0.3, 0.4) is 0 Å². The van der Waals surface area contributed by atoms with Crippen LogP contribution in [0, 0.1) is 5.92 Å². The molecule has 2 aliphatic rings. The van der Waals surface area contributed by atoms with Gasteiger partial charge in [-0.2, -0.15) is 0 Å². The number of nitrogens with one attached hydrogen (secondary N) is 1. The number of likely N-dealkylation sites (tertiary alicyclic amines) is 1.